The number of fused-ring (bicyclic) bond motifs is 3. The molecule has 0 saturated carbocycles. The van der Waals surface area contributed by atoms with Crippen molar-refractivity contribution in [3.63, 3.8) is 0 Å². The number of carbonyl (C=O) groups excluding carboxylic acids is 3. The van der Waals surface area contributed by atoms with E-state index >= 15 is 0 Å². The number of allylic oxidation sites excluding steroid dienone is 1. The smallest absolute Gasteiger partial charge is 0.335 e. The molecule has 13 nitrogen and oxygen atoms in total. The summed E-state index contributed by atoms with van der Waals surface area (Å²) in [6.07, 6.45) is 0.183. The zero-order chi connectivity index (χ0) is 33.1. The van der Waals surface area contributed by atoms with Crippen LogP contribution in [-0.2, 0) is 29.1 Å². The number of aliphatic hydroxyl groups excluding tert-OH is 2. The number of amides is 1. The Labute approximate surface area is 258 Å². The molecule has 0 heterocycles. The highest BCUT2D eigenvalue weighted by Gasteiger charge is 2.63. The van der Waals surface area contributed by atoms with Gasteiger partial charge in [0.05, 0.1) is 17.2 Å². The summed E-state index contributed by atoms with van der Waals surface area (Å²) in [4.78, 5) is 54.3. The van der Waals surface area contributed by atoms with Gasteiger partial charge in [-0.1, -0.05) is 12.1 Å². The van der Waals surface area contributed by atoms with Crippen molar-refractivity contribution < 1.29 is 44.7 Å². The lowest BCUT2D eigenvalue weighted by atomic mass is 9.58. The molecule has 4 atom stereocenters. The number of aromatic hydroxyl groups is 1. The van der Waals surface area contributed by atoms with Gasteiger partial charge in [-0.3, -0.25) is 19.3 Å². The van der Waals surface area contributed by atoms with E-state index in [1.54, 1.807) is 51.3 Å². The lowest BCUT2D eigenvalue weighted by Crippen LogP contribution is -2.63. The summed E-state index contributed by atoms with van der Waals surface area (Å²) in [5, 5.41) is 58.0. The molecule has 1 amide bonds. The van der Waals surface area contributed by atoms with Gasteiger partial charge in [-0.25, -0.2) is 4.79 Å². The van der Waals surface area contributed by atoms with Crippen LogP contribution < -0.4 is 16.0 Å². The van der Waals surface area contributed by atoms with Gasteiger partial charge in [0, 0.05) is 49.9 Å². The summed E-state index contributed by atoms with van der Waals surface area (Å²) in [5.41, 5.74) is 4.06. The summed E-state index contributed by atoms with van der Waals surface area (Å²) in [7, 11) is 6.74. The van der Waals surface area contributed by atoms with E-state index in [9.17, 15) is 39.6 Å². The first-order valence-corrected chi connectivity index (χ1v) is 14.3. The summed E-state index contributed by atoms with van der Waals surface area (Å²) >= 11 is 0. The molecular weight excluding hydrogens is 584 g/mol. The summed E-state index contributed by atoms with van der Waals surface area (Å²) in [6, 6.07) is 7.00. The fraction of sp³-hybridized carbons (Fsp3) is 0.375. The van der Waals surface area contributed by atoms with E-state index in [1.807, 2.05) is 0 Å². The number of carbonyl (C=O) groups is 4. The average molecular weight is 621 g/mol. The largest absolute Gasteiger partial charge is 0.510 e. The number of anilines is 1. The molecule has 3 aliphatic carbocycles. The number of nitrogens with zero attached hydrogens (tertiary/aromatic N) is 2. The quantitative estimate of drug-likeness (QED) is 0.207. The molecule has 2 aromatic rings. The first-order valence-electron chi connectivity index (χ1n) is 14.3. The van der Waals surface area contributed by atoms with Gasteiger partial charge >= 0.3 is 5.97 Å². The predicted molar refractivity (Wildman–Crippen MR) is 162 cm³/mol. The highest BCUT2D eigenvalue weighted by atomic mass is 16.4. The molecule has 5 rings (SSSR count). The normalized spacial score (nSPS) is 24.4. The fourth-order valence-corrected chi connectivity index (χ4v) is 6.99. The van der Waals surface area contributed by atoms with Crippen LogP contribution in [0.4, 0.5) is 5.69 Å². The Morgan fingerprint density at radius 2 is 1.69 bits per heavy atom. The zero-order valence-corrected chi connectivity index (χ0v) is 25.3. The SMILES string of the molecule is CN(C)c1cc(CNCc2ccc(C(=O)O)cc2)c(O)c2c1C[C@H]1C[C@H]3[C@H](N(C)C)C(O)=C(C(N)=O)C(=O)[C@@]3(O)C(O)=C1C2=O. The van der Waals surface area contributed by atoms with Crippen LogP contribution in [0.2, 0.25) is 0 Å². The minimum Gasteiger partial charge on any atom is -0.510 e. The van der Waals surface area contributed by atoms with Gasteiger partial charge < -0.3 is 41.5 Å². The number of ketones is 2. The first kappa shape index (κ1) is 31.7. The Hall–Kier alpha value is -4.72. The number of hydrogen-bond donors (Lipinski definition) is 7. The standard InChI is InChI=1S/C32H36N4O9/c1-35(2)20-11-17(13-34-12-14-5-7-15(8-6-14)31(43)44)25(37)22-18(20)9-16-10-19-24(36(3)4)27(39)23(30(33)42)29(41)32(19,45)28(40)21(16)26(22)38/h5-8,11,16,19,24,34,37,39-40,45H,9-10,12-13H2,1-4H3,(H2,33,42)(H,43,44)/t16-,19-,24-,32-/m0/s1. The lowest BCUT2D eigenvalue weighted by Gasteiger charge is -2.50. The van der Waals surface area contributed by atoms with Crippen molar-refractivity contribution in [3.05, 3.63) is 80.8 Å². The second kappa shape index (κ2) is 11.3. The Balaban J connectivity index is 1.56. The maximum atomic E-state index is 14.2. The molecular formula is C32H36N4O9. The Morgan fingerprint density at radius 3 is 2.24 bits per heavy atom. The number of Topliss-reactive ketones (excluding diaryl/α,β-unsaturated/α-hetero) is 2. The number of nitrogens with two attached hydrogens (primary N) is 1. The maximum absolute atomic E-state index is 14.2. The molecule has 3 aliphatic rings. The number of primary amides is 1. The number of rotatable bonds is 8. The van der Waals surface area contributed by atoms with Gasteiger partial charge in [0.25, 0.3) is 5.91 Å². The third kappa shape index (κ3) is 4.93. The van der Waals surface area contributed by atoms with E-state index in [0.717, 1.165) is 5.56 Å². The van der Waals surface area contributed by atoms with Gasteiger partial charge in [-0.05, 0) is 62.2 Å². The summed E-state index contributed by atoms with van der Waals surface area (Å²) in [6.45, 7) is 0.464. The number of aliphatic hydroxyl groups is 3. The molecule has 0 aromatic heterocycles. The van der Waals surface area contributed by atoms with Crippen LogP contribution in [0.25, 0.3) is 0 Å². The van der Waals surface area contributed by atoms with Gasteiger partial charge in [0.1, 0.15) is 22.8 Å². The van der Waals surface area contributed by atoms with E-state index in [1.165, 1.54) is 17.0 Å². The van der Waals surface area contributed by atoms with Crippen molar-refractivity contribution in [2.24, 2.45) is 17.6 Å². The van der Waals surface area contributed by atoms with E-state index < -0.39 is 64.0 Å². The van der Waals surface area contributed by atoms with Crippen LogP contribution in [0.5, 0.6) is 5.75 Å². The van der Waals surface area contributed by atoms with E-state index in [-0.39, 0.29) is 41.8 Å². The molecule has 0 saturated heterocycles. The third-order valence-electron chi connectivity index (χ3n) is 9.11. The Kier molecular flexibility index (Phi) is 7.98. The maximum Gasteiger partial charge on any atom is 0.335 e. The molecule has 238 valence electrons. The van der Waals surface area contributed by atoms with Crippen LogP contribution in [-0.4, -0.2) is 93.7 Å². The highest BCUT2D eigenvalue weighted by Crippen LogP contribution is 2.53. The average Bonchev–Trinajstić information content (AvgIpc) is 2.95. The summed E-state index contributed by atoms with van der Waals surface area (Å²) < 4.78 is 0. The van der Waals surface area contributed by atoms with Gasteiger partial charge in [0.2, 0.25) is 5.78 Å². The second-order valence-electron chi connectivity index (χ2n) is 12.2. The number of carboxylic acids is 1. The molecule has 45 heavy (non-hydrogen) atoms. The number of carboxylic acid groups (broad SMARTS) is 1. The number of phenolic OH excluding ortho intramolecular Hbond substituents is 1. The first-order chi connectivity index (χ1) is 21.1. The topological polar surface area (TPSA) is 214 Å². The Morgan fingerprint density at radius 1 is 1.04 bits per heavy atom. The van der Waals surface area contributed by atoms with Crippen LogP contribution in [0, 0.1) is 11.8 Å². The monoisotopic (exact) mass is 620 g/mol. The number of likely N-dealkylation sites (N-methyl/N-ethyl adjacent to an activating group) is 1. The van der Waals surface area contributed by atoms with E-state index in [2.05, 4.69) is 5.32 Å². The van der Waals surface area contributed by atoms with Crippen LogP contribution in [0.3, 0.4) is 0 Å². The molecule has 0 spiro atoms. The molecule has 0 fully saturated rings. The van der Waals surface area contributed by atoms with Crippen molar-refractivity contribution in [1.29, 1.82) is 0 Å². The zero-order valence-electron chi connectivity index (χ0n) is 25.3. The number of aromatic carboxylic acids is 1. The summed E-state index contributed by atoms with van der Waals surface area (Å²) in [5.74, 6) is -7.99. The van der Waals surface area contributed by atoms with E-state index in [0.29, 0.717) is 23.4 Å². The number of benzene rings is 2. The molecule has 0 radical (unpaired) electrons. The van der Waals surface area contributed by atoms with Crippen molar-refractivity contribution in [2.45, 2.75) is 37.6 Å². The Bertz CT molecular complexity index is 1690. The highest BCUT2D eigenvalue weighted by molar-refractivity contribution is 6.25. The van der Waals surface area contributed by atoms with Gasteiger partial charge in [-0.15, -0.1) is 0 Å². The van der Waals surface area contributed by atoms with Crippen LogP contribution >= 0.6 is 0 Å². The third-order valence-corrected chi connectivity index (χ3v) is 9.11. The minimum atomic E-state index is -2.71. The molecule has 0 bridgehead atoms. The van der Waals surface area contributed by atoms with Crippen molar-refractivity contribution in [1.82, 2.24) is 10.2 Å². The van der Waals surface area contributed by atoms with Crippen molar-refractivity contribution in [2.75, 3.05) is 33.1 Å². The van der Waals surface area contributed by atoms with E-state index in [4.69, 9.17) is 10.8 Å². The van der Waals surface area contributed by atoms with Gasteiger partial charge in [0.15, 0.2) is 11.4 Å². The second-order valence-corrected chi connectivity index (χ2v) is 12.2. The lowest BCUT2D eigenvalue weighted by molar-refractivity contribution is -0.148. The molecule has 13 heteroatoms. The van der Waals surface area contributed by atoms with Crippen molar-refractivity contribution >= 4 is 29.1 Å². The molecule has 0 unspecified atom stereocenters. The number of phenols is 1. The minimum absolute atomic E-state index is 0.00334. The molecule has 0 aliphatic heterocycles. The molecule has 2 aromatic carbocycles. The number of hydrogen-bond acceptors (Lipinski definition) is 11. The van der Waals surface area contributed by atoms with Gasteiger partial charge in [-0.2, -0.15) is 0 Å². The van der Waals surface area contributed by atoms with Crippen LogP contribution in [0.15, 0.2) is 53.0 Å². The fourth-order valence-electron chi connectivity index (χ4n) is 6.99. The molecule has 8 N–H and O–H groups in total. The number of nitrogens with one attached hydrogen (secondary N) is 1. The predicted octanol–water partition coefficient (Wildman–Crippen LogP) is 1.17. The van der Waals surface area contributed by atoms with Crippen LogP contribution in [0.1, 0.15) is 43.8 Å². The van der Waals surface area contributed by atoms with Crippen molar-refractivity contribution in [3.8, 4) is 5.75 Å².